The predicted molar refractivity (Wildman–Crippen MR) is 268 cm³/mol. The number of esters is 3. The number of aliphatic hydroxyl groups is 4. The molecule has 1 aromatic carbocycles. The van der Waals surface area contributed by atoms with E-state index in [-0.39, 0.29) is 53.0 Å². The average molecular weight is 1060 g/mol. The van der Waals surface area contributed by atoms with Crippen LogP contribution in [0.1, 0.15) is 118 Å². The van der Waals surface area contributed by atoms with E-state index in [4.69, 9.17) is 61.1 Å². The van der Waals surface area contributed by atoms with Gasteiger partial charge in [0, 0.05) is 19.4 Å². The Morgan fingerprint density at radius 2 is 1.56 bits per heavy atom. The zero-order valence-electron chi connectivity index (χ0n) is 43.6. The smallest absolute Gasteiger partial charge is 0.342 e. The molecule has 3 heterocycles. The van der Waals surface area contributed by atoms with Crippen molar-refractivity contribution in [1.82, 2.24) is 0 Å². The molecule has 2 saturated heterocycles. The van der Waals surface area contributed by atoms with E-state index in [1.165, 1.54) is 20.1 Å². The number of phenolic OH excluding ortho intramolecular Hbond substituents is 2. The number of allylic oxidation sites excluding steroid dienone is 4. The van der Waals surface area contributed by atoms with Gasteiger partial charge in [-0.1, -0.05) is 101 Å². The van der Waals surface area contributed by atoms with Crippen LogP contribution in [0.3, 0.4) is 0 Å². The Kier molecular flexibility index (Phi) is 22.4. The van der Waals surface area contributed by atoms with Crippen LogP contribution in [0.25, 0.3) is 0 Å². The van der Waals surface area contributed by atoms with Gasteiger partial charge in [-0.05, 0) is 89.5 Å². The van der Waals surface area contributed by atoms with E-state index in [0.29, 0.717) is 18.4 Å². The molecule has 0 spiro atoms. The quantitative estimate of drug-likeness (QED) is 0.0636. The minimum absolute atomic E-state index is 0.0740. The average Bonchev–Trinajstić information content (AvgIpc) is 3.32. The molecule has 0 bridgehead atoms. The van der Waals surface area contributed by atoms with Crippen LogP contribution in [0, 0.1) is 17.8 Å². The number of rotatable bonds is 13. The second kappa shape index (κ2) is 26.6. The molecule has 72 heavy (non-hydrogen) atoms. The molecule has 1 aromatic rings. The number of ether oxygens (including phenoxy) is 8. The van der Waals surface area contributed by atoms with Gasteiger partial charge < -0.3 is 68.5 Å². The SMILES string of the molecule is CCc1c(Cl)c(O)c(Cl)c(O)c1C(=O)O[C@H]1[C@H](O)[C@H](OC)[C@H](OC/C2=C\C=C\C[C@H](O)/C(C)=C/[C@H](CC)[C@@H](O[C@@H]3OC(C)(C)[C@@H](OC(=O)C(C)C)[C@H](O)[C@@H]3O)/C(C)=C/C(C)=C/C[C@@H](C(C)C)OC2=O)O[C@@H]1C. The molecule has 404 valence electrons. The fourth-order valence-electron chi connectivity index (χ4n) is 8.71. The van der Waals surface area contributed by atoms with Gasteiger partial charge >= 0.3 is 17.9 Å². The molecule has 2 fully saturated rings. The maximum atomic E-state index is 14.1. The van der Waals surface area contributed by atoms with Crippen molar-refractivity contribution < 1.29 is 82.9 Å². The Hall–Kier alpha value is -3.85. The molecule has 0 amide bonds. The van der Waals surface area contributed by atoms with E-state index in [1.54, 1.807) is 53.7 Å². The summed E-state index contributed by atoms with van der Waals surface area (Å²) in [7, 11) is 1.29. The van der Waals surface area contributed by atoms with Crippen molar-refractivity contribution in [2.24, 2.45) is 17.8 Å². The molecule has 3 aliphatic rings. The summed E-state index contributed by atoms with van der Waals surface area (Å²) in [6.45, 7) is 20.8. The molecule has 0 unspecified atom stereocenters. The molecule has 17 nitrogen and oxygen atoms in total. The number of aromatic hydroxyl groups is 2. The third kappa shape index (κ3) is 14.7. The highest BCUT2D eigenvalue weighted by Gasteiger charge is 2.53. The fraction of sp³-hybridized carbons (Fsp3) is 0.642. The first-order valence-electron chi connectivity index (χ1n) is 24.5. The van der Waals surface area contributed by atoms with Gasteiger partial charge in [-0.15, -0.1) is 0 Å². The van der Waals surface area contributed by atoms with Gasteiger partial charge in [0.05, 0.1) is 41.4 Å². The molecule has 6 N–H and O–H groups in total. The fourth-order valence-corrected chi connectivity index (χ4v) is 9.27. The van der Waals surface area contributed by atoms with Gasteiger partial charge in [-0.3, -0.25) is 4.79 Å². The van der Waals surface area contributed by atoms with E-state index in [9.17, 15) is 45.0 Å². The van der Waals surface area contributed by atoms with Gasteiger partial charge in [0.15, 0.2) is 36.3 Å². The molecule has 0 saturated carbocycles. The van der Waals surface area contributed by atoms with Gasteiger partial charge in [0.2, 0.25) is 0 Å². The van der Waals surface area contributed by atoms with Crippen LogP contribution in [0.4, 0.5) is 0 Å². The zero-order chi connectivity index (χ0) is 54.1. The van der Waals surface area contributed by atoms with Crippen molar-refractivity contribution in [3.05, 3.63) is 79.9 Å². The lowest BCUT2D eigenvalue weighted by Gasteiger charge is -2.47. The number of carbonyl (C=O) groups is 3. The molecule has 0 aromatic heterocycles. The Labute approximate surface area is 433 Å². The zero-order valence-corrected chi connectivity index (χ0v) is 45.1. The number of benzene rings is 1. The van der Waals surface area contributed by atoms with Crippen LogP contribution in [0.2, 0.25) is 10.0 Å². The normalized spacial score (nSPS) is 34.5. The number of halogens is 2. The molecular weight excluding hydrogens is 979 g/mol. The molecule has 3 aliphatic heterocycles. The van der Waals surface area contributed by atoms with Crippen molar-refractivity contribution in [2.75, 3.05) is 13.7 Å². The molecular formula is C53H76Cl2O17. The first kappa shape index (κ1) is 60.7. The van der Waals surface area contributed by atoms with E-state index in [0.717, 1.165) is 11.1 Å². The third-order valence-corrected chi connectivity index (χ3v) is 14.0. The molecule has 13 atom stereocenters. The Balaban J connectivity index is 1.61. The maximum Gasteiger partial charge on any atom is 0.342 e. The predicted octanol–water partition coefficient (Wildman–Crippen LogP) is 7.51. The third-order valence-electron chi connectivity index (χ3n) is 13.2. The van der Waals surface area contributed by atoms with Crippen LogP contribution in [-0.2, 0) is 53.9 Å². The van der Waals surface area contributed by atoms with Crippen LogP contribution < -0.4 is 0 Å². The summed E-state index contributed by atoms with van der Waals surface area (Å²) in [5.41, 5.74) is 0.688. The number of hydrogen-bond acceptors (Lipinski definition) is 17. The summed E-state index contributed by atoms with van der Waals surface area (Å²) in [6, 6.07) is 0. The minimum Gasteiger partial charge on any atom is -0.505 e. The summed E-state index contributed by atoms with van der Waals surface area (Å²) < 4.78 is 48.0. The lowest BCUT2D eigenvalue weighted by atomic mass is 9.88. The topological polar surface area (TPSA) is 246 Å². The van der Waals surface area contributed by atoms with Crippen molar-refractivity contribution in [3.8, 4) is 11.5 Å². The van der Waals surface area contributed by atoms with Crippen molar-refractivity contribution in [1.29, 1.82) is 0 Å². The van der Waals surface area contributed by atoms with Crippen molar-refractivity contribution >= 4 is 41.1 Å². The molecule has 0 radical (unpaired) electrons. The van der Waals surface area contributed by atoms with Crippen LogP contribution in [-0.4, -0.2) is 141 Å². The highest BCUT2D eigenvalue weighted by atomic mass is 35.5. The van der Waals surface area contributed by atoms with E-state index < -0.39 is 120 Å². The first-order chi connectivity index (χ1) is 33.7. The van der Waals surface area contributed by atoms with Crippen LogP contribution in [0.5, 0.6) is 11.5 Å². The van der Waals surface area contributed by atoms with E-state index >= 15 is 0 Å². The van der Waals surface area contributed by atoms with E-state index in [2.05, 4.69) is 0 Å². The van der Waals surface area contributed by atoms with Gasteiger partial charge in [-0.25, -0.2) is 9.59 Å². The lowest BCUT2D eigenvalue weighted by molar-refractivity contribution is -0.333. The number of methoxy groups -OCH3 is 1. The number of hydrogen-bond donors (Lipinski definition) is 6. The summed E-state index contributed by atoms with van der Waals surface area (Å²) in [5, 5.41) is 65.8. The summed E-state index contributed by atoms with van der Waals surface area (Å²) >= 11 is 12.3. The highest BCUT2D eigenvalue weighted by molar-refractivity contribution is 6.39. The summed E-state index contributed by atoms with van der Waals surface area (Å²) in [5.74, 6) is -4.65. The second-order valence-electron chi connectivity index (χ2n) is 19.9. The van der Waals surface area contributed by atoms with Crippen molar-refractivity contribution in [2.45, 2.75) is 188 Å². The van der Waals surface area contributed by atoms with E-state index in [1.807, 2.05) is 52.8 Å². The molecule has 4 rings (SSSR count). The standard InChI is InChI=1S/C53H76Cl2O17/c1-14-31-23-28(8)34(56)19-17-16-18-32(24-66-52-46(65-13)43(61)45(30(10)67-52)69-50(64)36-33(15-2)37(54)40(58)38(55)39(36)57)49(63)68-35(25(3)4)21-20-27(7)22-29(9)44(31)70-51-42(60)41(59)47(53(11,12)72-51)71-48(62)26(5)6/h16-18,20,22-23,25-26,30-31,34-35,41-47,51-52,56-61H,14-15,19,21,24H2,1-13H3/b17-16+,27-20+,28-23+,29-22+,32-18+/t30-,31+,34+,35+,41-,42+,43+,44+,45-,46+,47+,51-,52-/m1/s1. The maximum absolute atomic E-state index is 14.1. The number of cyclic esters (lactones) is 1. The van der Waals surface area contributed by atoms with Crippen molar-refractivity contribution in [3.63, 3.8) is 0 Å². The highest BCUT2D eigenvalue weighted by Crippen LogP contribution is 2.45. The second-order valence-corrected chi connectivity index (χ2v) is 20.6. The number of carbonyl (C=O) groups excluding carboxylic acids is 3. The number of phenols is 2. The molecule has 0 aliphatic carbocycles. The monoisotopic (exact) mass is 1050 g/mol. The Morgan fingerprint density at radius 1 is 0.889 bits per heavy atom. The Morgan fingerprint density at radius 3 is 2.15 bits per heavy atom. The van der Waals surface area contributed by atoms with Crippen LogP contribution >= 0.6 is 23.2 Å². The first-order valence-corrected chi connectivity index (χ1v) is 25.2. The van der Waals surface area contributed by atoms with Gasteiger partial charge in [0.25, 0.3) is 0 Å². The largest absolute Gasteiger partial charge is 0.505 e. The van der Waals surface area contributed by atoms with Crippen LogP contribution in [0.15, 0.2) is 58.7 Å². The lowest BCUT2D eigenvalue weighted by Crippen LogP contribution is -2.64. The molecule has 19 heteroatoms. The minimum atomic E-state index is -1.58. The Bertz CT molecular complexity index is 2210. The van der Waals surface area contributed by atoms with Gasteiger partial charge in [-0.2, -0.15) is 0 Å². The summed E-state index contributed by atoms with van der Waals surface area (Å²) in [4.78, 5) is 40.1. The summed E-state index contributed by atoms with van der Waals surface area (Å²) in [6.07, 6.45) is -2.69. The van der Waals surface area contributed by atoms with Gasteiger partial charge in [0.1, 0.15) is 46.7 Å². The number of aliphatic hydroxyl groups excluding tert-OH is 4.